The lowest BCUT2D eigenvalue weighted by Crippen LogP contribution is -2.30. The molecular formula is C25H23N3O3. The molecule has 0 saturated carbocycles. The van der Waals surface area contributed by atoms with Crippen molar-refractivity contribution in [2.24, 2.45) is 0 Å². The molecular weight excluding hydrogens is 390 g/mol. The Morgan fingerprint density at radius 2 is 1.94 bits per heavy atom. The summed E-state index contributed by atoms with van der Waals surface area (Å²) in [4.78, 5) is 29.9. The largest absolute Gasteiger partial charge is 0.496 e. The third-order valence-electron chi connectivity index (χ3n) is 5.79. The van der Waals surface area contributed by atoms with E-state index in [1.807, 2.05) is 36.4 Å². The number of nitrogens with zero attached hydrogens (tertiary/aromatic N) is 1. The maximum atomic E-state index is 12.6. The van der Waals surface area contributed by atoms with E-state index in [-0.39, 0.29) is 11.5 Å². The van der Waals surface area contributed by atoms with Crippen molar-refractivity contribution in [2.75, 3.05) is 7.11 Å². The average Bonchev–Trinajstić information content (AvgIpc) is 2.81. The van der Waals surface area contributed by atoms with Crippen LogP contribution in [0.5, 0.6) is 5.75 Å². The van der Waals surface area contributed by atoms with Gasteiger partial charge in [0.25, 0.3) is 5.56 Å². The smallest absolute Gasteiger partial charge is 0.325 e. The molecule has 1 atom stereocenters. The molecule has 0 aliphatic heterocycles. The predicted molar refractivity (Wildman–Crippen MR) is 119 cm³/mol. The molecule has 1 aromatic heterocycles. The van der Waals surface area contributed by atoms with Crippen molar-refractivity contribution in [1.29, 1.82) is 5.26 Å². The maximum Gasteiger partial charge on any atom is 0.325 e. The Kier molecular flexibility index (Phi) is 5.85. The Morgan fingerprint density at radius 3 is 2.61 bits per heavy atom. The average molecular weight is 413 g/mol. The lowest BCUT2D eigenvalue weighted by Gasteiger charge is -2.24. The lowest BCUT2D eigenvalue weighted by molar-refractivity contribution is 0.413. The third kappa shape index (κ3) is 4.36. The van der Waals surface area contributed by atoms with Crippen molar-refractivity contribution in [3.05, 3.63) is 103 Å². The Balaban J connectivity index is 1.65. The SMILES string of the molecule is COc1cc(C#N)ccc1C1=CCC(c2[nH]c(=O)[nH]c(=O)c2Cc2ccccc2)CC1. The number of H-pyrrole nitrogens is 2. The molecule has 2 aromatic carbocycles. The van der Waals surface area contributed by atoms with Crippen molar-refractivity contribution in [3.63, 3.8) is 0 Å². The van der Waals surface area contributed by atoms with E-state index in [1.165, 1.54) is 0 Å². The van der Waals surface area contributed by atoms with Gasteiger partial charge < -0.3 is 9.72 Å². The zero-order chi connectivity index (χ0) is 21.8. The van der Waals surface area contributed by atoms with Crippen LogP contribution in [0.1, 0.15) is 53.1 Å². The molecule has 4 rings (SSSR count). The van der Waals surface area contributed by atoms with Crippen LogP contribution >= 0.6 is 0 Å². The number of aromatic amines is 2. The molecule has 0 amide bonds. The molecule has 156 valence electrons. The van der Waals surface area contributed by atoms with Crippen LogP contribution in [0.25, 0.3) is 5.57 Å². The first-order chi connectivity index (χ1) is 15.1. The highest BCUT2D eigenvalue weighted by atomic mass is 16.5. The molecule has 0 bridgehead atoms. The van der Waals surface area contributed by atoms with Gasteiger partial charge in [0.2, 0.25) is 0 Å². The van der Waals surface area contributed by atoms with Gasteiger partial charge in [-0.3, -0.25) is 9.78 Å². The number of rotatable bonds is 5. The van der Waals surface area contributed by atoms with Gasteiger partial charge in [-0.1, -0.05) is 36.4 Å². The monoisotopic (exact) mass is 413 g/mol. The van der Waals surface area contributed by atoms with Crippen LogP contribution in [0, 0.1) is 11.3 Å². The van der Waals surface area contributed by atoms with E-state index < -0.39 is 5.69 Å². The second-order valence-electron chi connectivity index (χ2n) is 7.69. The molecule has 0 saturated heterocycles. The zero-order valence-corrected chi connectivity index (χ0v) is 17.3. The molecule has 0 radical (unpaired) electrons. The summed E-state index contributed by atoms with van der Waals surface area (Å²) in [5.41, 5.74) is 4.24. The van der Waals surface area contributed by atoms with E-state index in [9.17, 15) is 9.59 Å². The summed E-state index contributed by atoms with van der Waals surface area (Å²) >= 11 is 0. The third-order valence-corrected chi connectivity index (χ3v) is 5.79. The molecule has 6 heteroatoms. The molecule has 31 heavy (non-hydrogen) atoms. The fraction of sp³-hybridized carbons (Fsp3) is 0.240. The van der Waals surface area contributed by atoms with Gasteiger partial charge in [0, 0.05) is 29.2 Å². The minimum Gasteiger partial charge on any atom is -0.496 e. The minimum absolute atomic E-state index is 0.0573. The van der Waals surface area contributed by atoms with Gasteiger partial charge >= 0.3 is 5.69 Å². The minimum atomic E-state index is -0.472. The van der Waals surface area contributed by atoms with E-state index in [1.54, 1.807) is 19.2 Å². The van der Waals surface area contributed by atoms with E-state index in [2.05, 4.69) is 22.1 Å². The summed E-state index contributed by atoms with van der Waals surface area (Å²) in [5, 5.41) is 9.12. The van der Waals surface area contributed by atoms with Gasteiger partial charge in [0.15, 0.2) is 0 Å². The first-order valence-corrected chi connectivity index (χ1v) is 10.3. The molecule has 6 nitrogen and oxygen atoms in total. The summed E-state index contributed by atoms with van der Waals surface area (Å²) in [6, 6.07) is 17.4. The molecule has 1 unspecified atom stereocenters. The van der Waals surface area contributed by atoms with Crippen molar-refractivity contribution < 1.29 is 4.74 Å². The van der Waals surface area contributed by atoms with Crippen molar-refractivity contribution in [3.8, 4) is 11.8 Å². The van der Waals surface area contributed by atoms with Gasteiger partial charge in [0.1, 0.15) is 5.75 Å². The first-order valence-electron chi connectivity index (χ1n) is 10.3. The normalized spacial score (nSPS) is 15.7. The Hall–Kier alpha value is -3.85. The van der Waals surface area contributed by atoms with Crippen molar-refractivity contribution in [2.45, 2.75) is 31.6 Å². The number of methoxy groups -OCH3 is 1. The van der Waals surface area contributed by atoms with Gasteiger partial charge in [-0.05, 0) is 48.6 Å². The van der Waals surface area contributed by atoms with E-state index in [4.69, 9.17) is 10.00 Å². The number of hydrogen-bond acceptors (Lipinski definition) is 4. The van der Waals surface area contributed by atoms with Crippen molar-refractivity contribution >= 4 is 5.57 Å². The Bertz CT molecular complexity index is 1280. The highest BCUT2D eigenvalue weighted by Crippen LogP contribution is 2.39. The van der Waals surface area contributed by atoms with Gasteiger partial charge in [-0.2, -0.15) is 5.26 Å². The number of nitrogens with one attached hydrogen (secondary N) is 2. The number of hydrogen-bond donors (Lipinski definition) is 2. The highest BCUT2D eigenvalue weighted by Gasteiger charge is 2.23. The summed E-state index contributed by atoms with van der Waals surface area (Å²) < 4.78 is 5.48. The molecule has 2 N–H and O–H groups in total. The Labute approximate surface area is 179 Å². The quantitative estimate of drug-likeness (QED) is 0.663. The predicted octanol–water partition coefficient (Wildman–Crippen LogP) is 3.89. The number of allylic oxidation sites excluding steroid dienone is 2. The van der Waals surface area contributed by atoms with Crippen LogP contribution in [-0.2, 0) is 6.42 Å². The van der Waals surface area contributed by atoms with Gasteiger partial charge in [0.05, 0.1) is 18.7 Å². The van der Waals surface area contributed by atoms with Crippen LogP contribution in [0.2, 0.25) is 0 Å². The zero-order valence-electron chi connectivity index (χ0n) is 17.3. The molecule has 3 aromatic rings. The fourth-order valence-electron chi connectivity index (χ4n) is 4.22. The number of benzene rings is 2. The first kappa shape index (κ1) is 20.4. The second kappa shape index (κ2) is 8.88. The molecule has 1 heterocycles. The van der Waals surface area contributed by atoms with Crippen molar-refractivity contribution in [1.82, 2.24) is 9.97 Å². The molecule has 0 fully saturated rings. The van der Waals surface area contributed by atoms with Crippen LogP contribution in [-0.4, -0.2) is 17.1 Å². The standard InChI is InChI=1S/C25H23N3O3/c1-31-22-14-17(15-26)7-12-20(22)18-8-10-19(11-9-18)23-21(24(29)28-25(30)27-23)13-16-5-3-2-4-6-16/h2-8,12,14,19H,9-11,13H2,1H3,(H2,27,28,29,30). The topological polar surface area (TPSA) is 98.7 Å². The lowest BCUT2D eigenvalue weighted by atomic mass is 9.82. The van der Waals surface area contributed by atoms with Crippen LogP contribution in [0.4, 0.5) is 0 Å². The van der Waals surface area contributed by atoms with Gasteiger partial charge in [-0.15, -0.1) is 0 Å². The number of ether oxygens (including phenoxy) is 1. The molecule has 1 aliphatic carbocycles. The van der Waals surface area contributed by atoms with E-state index in [0.29, 0.717) is 29.7 Å². The van der Waals surface area contributed by atoms with Crippen LogP contribution in [0.3, 0.4) is 0 Å². The number of aromatic nitrogens is 2. The van der Waals surface area contributed by atoms with Crippen LogP contribution < -0.4 is 16.0 Å². The van der Waals surface area contributed by atoms with E-state index in [0.717, 1.165) is 35.2 Å². The maximum absolute atomic E-state index is 12.6. The van der Waals surface area contributed by atoms with Gasteiger partial charge in [-0.25, -0.2) is 4.79 Å². The molecule has 1 aliphatic rings. The highest BCUT2D eigenvalue weighted by molar-refractivity contribution is 5.72. The summed E-state index contributed by atoms with van der Waals surface area (Å²) in [7, 11) is 1.60. The summed E-state index contributed by atoms with van der Waals surface area (Å²) in [6.07, 6.45) is 4.91. The number of nitriles is 1. The fourth-order valence-corrected chi connectivity index (χ4v) is 4.22. The second-order valence-corrected chi connectivity index (χ2v) is 7.69. The van der Waals surface area contributed by atoms with E-state index >= 15 is 0 Å². The Morgan fingerprint density at radius 1 is 1.13 bits per heavy atom. The summed E-state index contributed by atoms with van der Waals surface area (Å²) in [5.74, 6) is 0.736. The summed E-state index contributed by atoms with van der Waals surface area (Å²) in [6.45, 7) is 0. The van der Waals surface area contributed by atoms with Crippen LogP contribution in [0.15, 0.2) is 64.2 Å². The molecule has 0 spiro atoms.